The van der Waals surface area contributed by atoms with Gasteiger partial charge in [0.1, 0.15) is 5.82 Å². The van der Waals surface area contributed by atoms with Crippen LogP contribution in [-0.4, -0.2) is 10.9 Å². The SMILES string of the molecule is O=C1Nc2ncc(Br)cc2OC1c1cccc(F)c1. The Labute approximate surface area is 116 Å². The molecule has 0 spiro atoms. The zero-order valence-electron chi connectivity index (χ0n) is 9.56. The van der Waals surface area contributed by atoms with Crippen molar-refractivity contribution in [3.63, 3.8) is 0 Å². The molecule has 0 bridgehead atoms. The quantitative estimate of drug-likeness (QED) is 0.877. The number of carbonyl (C=O) groups is 1. The van der Waals surface area contributed by atoms with Crippen LogP contribution < -0.4 is 10.1 Å². The van der Waals surface area contributed by atoms with E-state index < -0.39 is 11.9 Å². The summed E-state index contributed by atoms with van der Waals surface area (Å²) < 4.78 is 19.5. The molecule has 1 N–H and O–H groups in total. The third-order valence-corrected chi connectivity index (χ3v) is 3.13. The minimum absolute atomic E-state index is 0.362. The van der Waals surface area contributed by atoms with Crippen molar-refractivity contribution < 1.29 is 13.9 Å². The van der Waals surface area contributed by atoms with Crippen molar-refractivity contribution in [3.8, 4) is 5.75 Å². The number of hydrogen-bond acceptors (Lipinski definition) is 3. The van der Waals surface area contributed by atoms with Gasteiger partial charge in [-0.3, -0.25) is 4.79 Å². The van der Waals surface area contributed by atoms with Gasteiger partial charge in [0.05, 0.1) is 0 Å². The van der Waals surface area contributed by atoms with E-state index in [2.05, 4.69) is 26.2 Å². The molecule has 0 saturated carbocycles. The maximum atomic E-state index is 13.2. The van der Waals surface area contributed by atoms with Gasteiger partial charge in [-0.2, -0.15) is 0 Å². The van der Waals surface area contributed by atoms with Crippen molar-refractivity contribution in [2.45, 2.75) is 6.10 Å². The van der Waals surface area contributed by atoms with Gasteiger partial charge in [0, 0.05) is 16.2 Å². The summed E-state index contributed by atoms with van der Waals surface area (Å²) in [6.07, 6.45) is 0.685. The van der Waals surface area contributed by atoms with Crippen molar-refractivity contribution in [2.75, 3.05) is 5.32 Å². The number of benzene rings is 1. The lowest BCUT2D eigenvalue weighted by molar-refractivity contribution is -0.123. The van der Waals surface area contributed by atoms with Crippen LogP contribution in [0.4, 0.5) is 10.2 Å². The van der Waals surface area contributed by atoms with Gasteiger partial charge in [0.25, 0.3) is 5.91 Å². The number of halogens is 2. The first kappa shape index (κ1) is 12.1. The first-order valence-electron chi connectivity index (χ1n) is 5.52. The Hall–Kier alpha value is -1.95. The topological polar surface area (TPSA) is 51.2 Å². The molecular formula is C13H8BrFN2O2. The largest absolute Gasteiger partial charge is 0.472 e. The Morgan fingerprint density at radius 2 is 2.21 bits per heavy atom. The van der Waals surface area contributed by atoms with Crippen LogP contribution in [0.2, 0.25) is 0 Å². The van der Waals surface area contributed by atoms with Crippen LogP contribution >= 0.6 is 15.9 Å². The summed E-state index contributed by atoms with van der Waals surface area (Å²) in [6.45, 7) is 0. The zero-order chi connectivity index (χ0) is 13.4. The van der Waals surface area contributed by atoms with E-state index in [0.717, 1.165) is 4.47 Å². The summed E-state index contributed by atoms with van der Waals surface area (Å²) in [6, 6.07) is 7.48. The van der Waals surface area contributed by atoms with Crippen LogP contribution in [0, 0.1) is 5.82 Å². The van der Waals surface area contributed by atoms with Gasteiger partial charge in [-0.25, -0.2) is 9.37 Å². The number of rotatable bonds is 1. The maximum Gasteiger partial charge on any atom is 0.271 e. The fourth-order valence-electron chi connectivity index (χ4n) is 1.86. The molecule has 19 heavy (non-hydrogen) atoms. The van der Waals surface area contributed by atoms with Crippen LogP contribution in [0.15, 0.2) is 41.0 Å². The summed E-state index contributed by atoms with van der Waals surface area (Å²) in [7, 11) is 0. The van der Waals surface area contributed by atoms with E-state index in [-0.39, 0.29) is 5.91 Å². The fraction of sp³-hybridized carbons (Fsp3) is 0.0769. The highest BCUT2D eigenvalue weighted by atomic mass is 79.9. The lowest BCUT2D eigenvalue weighted by atomic mass is 10.1. The Kier molecular flexibility index (Phi) is 2.94. The van der Waals surface area contributed by atoms with Gasteiger partial charge in [-0.1, -0.05) is 12.1 Å². The zero-order valence-corrected chi connectivity index (χ0v) is 11.1. The van der Waals surface area contributed by atoms with Crippen molar-refractivity contribution in [3.05, 3.63) is 52.4 Å². The average Bonchev–Trinajstić information content (AvgIpc) is 2.38. The lowest BCUT2D eigenvalue weighted by Crippen LogP contribution is -2.30. The number of ether oxygens (including phenoxy) is 1. The molecule has 2 heterocycles. The number of carbonyl (C=O) groups excluding carboxylic acids is 1. The monoisotopic (exact) mass is 322 g/mol. The third kappa shape index (κ3) is 2.31. The van der Waals surface area contributed by atoms with Gasteiger partial charge in [-0.15, -0.1) is 0 Å². The first-order chi connectivity index (χ1) is 9.13. The van der Waals surface area contributed by atoms with Gasteiger partial charge < -0.3 is 10.1 Å². The molecule has 0 saturated heterocycles. The third-order valence-electron chi connectivity index (χ3n) is 2.70. The van der Waals surface area contributed by atoms with Crippen LogP contribution in [0.25, 0.3) is 0 Å². The van der Waals surface area contributed by atoms with Crippen LogP contribution in [0.3, 0.4) is 0 Å². The van der Waals surface area contributed by atoms with E-state index in [1.165, 1.54) is 18.2 Å². The molecule has 96 valence electrons. The van der Waals surface area contributed by atoms with Crippen LogP contribution in [-0.2, 0) is 4.79 Å². The Morgan fingerprint density at radius 3 is 3.00 bits per heavy atom. The number of anilines is 1. The van der Waals surface area contributed by atoms with Gasteiger partial charge in [-0.05, 0) is 34.1 Å². The molecule has 6 heteroatoms. The molecule has 1 aromatic heterocycles. The number of nitrogens with one attached hydrogen (secondary N) is 1. The molecule has 1 amide bonds. The highest BCUT2D eigenvalue weighted by molar-refractivity contribution is 9.10. The highest BCUT2D eigenvalue weighted by Gasteiger charge is 2.30. The Balaban J connectivity index is 1.99. The average molecular weight is 323 g/mol. The predicted molar refractivity (Wildman–Crippen MR) is 70.3 cm³/mol. The van der Waals surface area contributed by atoms with E-state index in [1.807, 2.05) is 0 Å². The summed E-state index contributed by atoms with van der Waals surface area (Å²) in [5.74, 6) is 0.0316. The van der Waals surface area contributed by atoms with Crippen molar-refractivity contribution in [2.24, 2.45) is 0 Å². The fourth-order valence-corrected chi connectivity index (χ4v) is 2.17. The van der Waals surface area contributed by atoms with E-state index in [1.54, 1.807) is 18.3 Å². The van der Waals surface area contributed by atoms with Crippen molar-refractivity contribution >= 4 is 27.7 Å². The minimum Gasteiger partial charge on any atom is -0.472 e. The number of fused-ring (bicyclic) bond motifs is 1. The standard InChI is InChI=1S/C13H8BrFN2O2/c14-8-5-10-12(16-6-8)17-13(18)11(19-10)7-2-1-3-9(15)4-7/h1-6,11H,(H,16,17,18). The molecule has 1 aliphatic heterocycles. The summed E-state index contributed by atoms with van der Waals surface area (Å²) >= 11 is 3.28. The Bertz CT molecular complexity index is 663. The summed E-state index contributed by atoms with van der Waals surface area (Å²) in [5, 5.41) is 2.64. The first-order valence-corrected chi connectivity index (χ1v) is 6.31. The number of amides is 1. The molecule has 2 aromatic rings. The molecule has 0 aliphatic carbocycles. The van der Waals surface area contributed by atoms with Crippen molar-refractivity contribution in [1.29, 1.82) is 0 Å². The number of nitrogens with zero attached hydrogens (tertiary/aromatic N) is 1. The second-order valence-corrected chi connectivity index (χ2v) is 4.96. The molecule has 1 aromatic carbocycles. The number of pyridine rings is 1. The van der Waals surface area contributed by atoms with Gasteiger partial charge in [0.15, 0.2) is 11.6 Å². The highest BCUT2D eigenvalue weighted by Crippen LogP contribution is 2.35. The molecule has 1 aliphatic rings. The van der Waals surface area contributed by atoms with Gasteiger partial charge in [0.2, 0.25) is 6.10 Å². The van der Waals surface area contributed by atoms with E-state index in [4.69, 9.17) is 4.74 Å². The second kappa shape index (κ2) is 4.62. The molecule has 0 fully saturated rings. The van der Waals surface area contributed by atoms with Crippen LogP contribution in [0.5, 0.6) is 5.75 Å². The van der Waals surface area contributed by atoms with E-state index in [0.29, 0.717) is 17.1 Å². The molecule has 1 atom stereocenters. The second-order valence-electron chi connectivity index (χ2n) is 4.04. The molecule has 1 unspecified atom stereocenters. The lowest BCUT2D eigenvalue weighted by Gasteiger charge is -2.25. The smallest absolute Gasteiger partial charge is 0.271 e. The summed E-state index contributed by atoms with van der Waals surface area (Å²) in [4.78, 5) is 16.0. The maximum absolute atomic E-state index is 13.2. The van der Waals surface area contributed by atoms with Crippen LogP contribution in [0.1, 0.15) is 11.7 Å². The van der Waals surface area contributed by atoms with Crippen molar-refractivity contribution in [1.82, 2.24) is 4.98 Å². The molecule has 0 radical (unpaired) electrons. The normalized spacial score (nSPS) is 17.4. The van der Waals surface area contributed by atoms with E-state index in [9.17, 15) is 9.18 Å². The predicted octanol–water partition coefficient (Wildman–Crippen LogP) is 3.06. The molecular weight excluding hydrogens is 315 g/mol. The number of aromatic nitrogens is 1. The summed E-state index contributed by atoms with van der Waals surface area (Å²) in [5.41, 5.74) is 0.461. The molecule has 3 rings (SSSR count). The molecule has 4 nitrogen and oxygen atoms in total. The number of hydrogen-bond donors (Lipinski definition) is 1. The minimum atomic E-state index is -0.876. The van der Waals surface area contributed by atoms with E-state index >= 15 is 0 Å². The van der Waals surface area contributed by atoms with Gasteiger partial charge >= 0.3 is 0 Å². The Morgan fingerprint density at radius 1 is 1.37 bits per heavy atom.